The minimum atomic E-state index is -0.337. The maximum atomic E-state index is 5.95. The number of nitrogens with two attached hydrogens (primary N) is 1. The average Bonchev–Trinajstić information content (AvgIpc) is 2.33. The summed E-state index contributed by atoms with van der Waals surface area (Å²) in [7, 11) is 1.62. The fourth-order valence-electron chi connectivity index (χ4n) is 2.01. The molecule has 102 valence electrons. The van der Waals surface area contributed by atoms with Gasteiger partial charge in [-0.05, 0) is 38.2 Å². The van der Waals surface area contributed by atoms with Gasteiger partial charge in [-0.2, -0.15) is 5.10 Å². The number of hydrazone groups is 1. The molecule has 2 rings (SSSR count). The van der Waals surface area contributed by atoms with Gasteiger partial charge >= 0.3 is 0 Å². The number of nitrogens with one attached hydrogen (secondary N) is 1. The molecule has 0 aliphatic carbocycles. The second kappa shape index (κ2) is 5.05. The maximum Gasteiger partial charge on any atom is 0.184 e. The molecule has 1 aliphatic rings. The van der Waals surface area contributed by atoms with Gasteiger partial charge in [0.05, 0.1) is 12.8 Å². The lowest BCUT2D eigenvalue weighted by molar-refractivity contribution is 0.111. The third-order valence-electron chi connectivity index (χ3n) is 2.78. The summed E-state index contributed by atoms with van der Waals surface area (Å²) in [4.78, 5) is 0. The number of methoxy groups -OCH3 is 1. The first kappa shape index (κ1) is 13.6. The zero-order valence-electron chi connectivity index (χ0n) is 11.2. The van der Waals surface area contributed by atoms with Crippen LogP contribution in [-0.2, 0) is 0 Å². The molecular weight excluding hydrogens is 262 g/mol. The fraction of sp³-hybridized carbons (Fsp3) is 0.385. The number of thiocarbonyl (C=S) groups is 1. The van der Waals surface area contributed by atoms with Crippen LogP contribution in [0.2, 0.25) is 0 Å². The Morgan fingerprint density at radius 1 is 1.53 bits per heavy atom. The zero-order valence-corrected chi connectivity index (χ0v) is 12.0. The average molecular weight is 279 g/mol. The second-order valence-electron chi connectivity index (χ2n) is 4.94. The molecule has 19 heavy (non-hydrogen) atoms. The number of nitrogens with zero attached hydrogens (tertiary/aromatic N) is 1. The predicted molar refractivity (Wildman–Crippen MR) is 78.8 cm³/mol. The molecule has 0 saturated heterocycles. The summed E-state index contributed by atoms with van der Waals surface area (Å²) in [5, 5.41) is 4.40. The molecule has 0 saturated carbocycles. The van der Waals surface area contributed by atoms with Gasteiger partial charge in [-0.3, -0.25) is 5.43 Å². The van der Waals surface area contributed by atoms with Crippen molar-refractivity contribution in [1.29, 1.82) is 0 Å². The summed E-state index contributed by atoms with van der Waals surface area (Å²) < 4.78 is 11.2. The lowest BCUT2D eigenvalue weighted by atomic mass is 9.92. The Morgan fingerprint density at radius 3 is 2.89 bits per heavy atom. The first-order valence-electron chi connectivity index (χ1n) is 5.91. The van der Waals surface area contributed by atoms with Crippen LogP contribution in [0.3, 0.4) is 0 Å². The molecule has 0 radical (unpaired) electrons. The van der Waals surface area contributed by atoms with Gasteiger partial charge in [-0.25, -0.2) is 0 Å². The van der Waals surface area contributed by atoms with E-state index in [1.807, 2.05) is 32.0 Å². The SMILES string of the molecule is COc1ccc2c(c1)OC(C)(C)C/C2=N\NC(N)=S. The number of fused-ring (bicyclic) bond motifs is 1. The summed E-state index contributed by atoms with van der Waals surface area (Å²) in [6.07, 6.45) is 0.669. The summed E-state index contributed by atoms with van der Waals surface area (Å²) in [5.41, 5.74) is 9.48. The summed E-state index contributed by atoms with van der Waals surface area (Å²) >= 11 is 4.77. The van der Waals surface area contributed by atoms with Crippen LogP contribution >= 0.6 is 12.2 Å². The number of benzene rings is 1. The molecule has 1 heterocycles. The highest BCUT2D eigenvalue weighted by Gasteiger charge is 2.31. The van der Waals surface area contributed by atoms with Crippen LogP contribution in [0.1, 0.15) is 25.8 Å². The van der Waals surface area contributed by atoms with E-state index < -0.39 is 0 Å². The smallest absolute Gasteiger partial charge is 0.184 e. The van der Waals surface area contributed by atoms with Crippen molar-refractivity contribution in [2.75, 3.05) is 7.11 Å². The summed E-state index contributed by atoms with van der Waals surface area (Å²) in [6, 6.07) is 5.65. The van der Waals surface area contributed by atoms with Gasteiger partial charge in [0.1, 0.15) is 17.1 Å². The van der Waals surface area contributed by atoms with E-state index in [-0.39, 0.29) is 10.7 Å². The number of ether oxygens (including phenoxy) is 2. The van der Waals surface area contributed by atoms with E-state index in [2.05, 4.69) is 10.5 Å². The lowest BCUT2D eigenvalue weighted by Crippen LogP contribution is -2.37. The van der Waals surface area contributed by atoms with Crippen LogP contribution < -0.4 is 20.6 Å². The molecule has 0 atom stereocenters. The molecule has 6 heteroatoms. The minimum absolute atomic E-state index is 0.145. The van der Waals surface area contributed by atoms with Crippen molar-refractivity contribution in [2.24, 2.45) is 10.8 Å². The van der Waals surface area contributed by atoms with Gasteiger partial charge in [-0.1, -0.05) is 0 Å². The van der Waals surface area contributed by atoms with Gasteiger partial charge in [0.2, 0.25) is 0 Å². The summed E-state index contributed by atoms with van der Waals surface area (Å²) in [6.45, 7) is 4.01. The highest BCUT2D eigenvalue weighted by Crippen LogP contribution is 2.35. The molecule has 1 aliphatic heterocycles. The second-order valence-corrected chi connectivity index (χ2v) is 5.37. The standard InChI is InChI=1S/C13H17N3O2S/c1-13(2)7-10(15-16-12(14)19)9-5-4-8(17-3)6-11(9)18-13/h4-6H,7H2,1-3H3,(H3,14,16,19)/b15-10+. The van der Waals surface area contributed by atoms with Crippen molar-refractivity contribution in [3.05, 3.63) is 23.8 Å². The molecule has 0 unspecified atom stereocenters. The Bertz CT molecular complexity index is 541. The maximum absolute atomic E-state index is 5.95. The number of hydrogen-bond acceptors (Lipinski definition) is 4. The van der Waals surface area contributed by atoms with Crippen LogP contribution in [0.5, 0.6) is 11.5 Å². The van der Waals surface area contributed by atoms with Gasteiger partial charge in [0, 0.05) is 18.1 Å². The fourth-order valence-corrected chi connectivity index (χ4v) is 2.05. The zero-order chi connectivity index (χ0) is 14.0. The van der Waals surface area contributed by atoms with Gasteiger partial charge in [0.15, 0.2) is 5.11 Å². The lowest BCUT2D eigenvalue weighted by Gasteiger charge is -2.33. The number of hydrogen-bond donors (Lipinski definition) is 2. The first-order chi connectivity index (χ1) is 8.91. The minimum Gasteiger partial charge on any atom is -0.497 e. The molecule has 3 N–H and O–H groups in total. The van der Waals surface area contributed by atoms with E-state index in [1.54, 1.807) is 7.11 Å². The molecule has 0 aromatic heterocycles. The highest BCUT2D eigenvalue weighted by molar-refractivity contribution is 7.80. The molecule has 5 nitrogen and oxygen atoms in total. The van der Waals surface area contributed by atoms with Crippen LogP contribution in [0, 0.1) is 0 Å². The van der Waals surface area contributed by atoms with Crippen molar-refractivity contribution in [2.45, 2.75) is 25.9 Å². The number of rotatable bonds is 2. The van der Waals surface area contributed by atoms with Crippen LogP contribution in [0.15, 0.2) is 23.3 Å². The largest absolute Gasteiger partial charge is 0.497 e. The monoisotopic (exact) mass is 279 g/mol. The topological polar surface area (TPSA) is 68.9 Å². The van der Waals surface area contributed by atoms with Crippen molar-refractivity contribution in [1.82, 2.24) is 5.43 Å². The van der Waals surface area contributed by atoms with E-state index in [9.17, 15) is 0 Å². The van der Waals surface area contributed by atoms with Gasteiger partial charge in [0.25, 0.3) is 0 Å². The van der Waals surface area contributed by atoms with Crippen molar-refractivity contribution < 1.29 is 9.47 Å². The molecule has 0 fully saturated rings. The van der Waals surface area contributed by atoms with E-state index in [4.69, 9.17) is 27.4 Å². The van der Waals surface area contributed by atoms with Crippen molar-refractivity contribution in [3.8, 4) is 11.5 Å². The third-order valence-corrected chi connectivity index (χ3v) is 2.87. The molecule has 0 spiro atoms. The first-order valence-corrected chi connectivity index (χ1v) is 6.31. The van der Waals surface area contributed by atoms with Crippen LogP contribution in [0.4, 0.5) is 0 Å². The Hall–Kier alpha value is -1.82. The normalized spacial score (nSPS) is 18.4. The van der Waals surface area contributed by atoms with Crippen molar-refractivity contribution >= 4 is 23.0 Å². The van der Waals surface area contributed by atoms with E-state index >= 15 is 0 Å². The van der Waals surface area contributed by atoms with Crippen LogP contribution in [-0.4, -0.2) is 23.5 Å². The molecule has 0 bridgehead atoms. The van der Waals surface area contributed by atoms with Crippen LogP contribution in [0.25, 0.3) is 0 Å². The van der Waals surface area contributed by atoms with E-state index in [0.717, 1.165) is 22.8 Å². The highest BCUT2D eigenvalue weighted by atomic mass is 32.1. The third kappa shape index (κ3) is 3.14. The predicted octanol–water partition coefficient (Wildman–Crippen LogP) is 1.79. The molecule has 1 aromatic carbocycles. The molecule has 1 aromatic rings. The Kier molecular flexibility index (Phi) is 3.61. The Labute approximate surface area is 117 Å². The van der Waals surface area contributed by atoms with Crippen molar-refractivity contribution in [3.63, 3.8) is 0 Å². The van der Waals surface area contributed by atoms with E-state index in [1.165, 1.54) is 0 Å². The van der Waals surface area contributed by atoms with E-state index in [0.29, 0.717) is 6.42 Å². The molecular formula is C13H17N3O2S. The van der Waals surface area contributed by atoms with Gasteiger partial charge < -0.3 is 15.2 Å². The Balaban J connectivity index is 2.43. The Morgan fingerprint density at radius 2 is 2.26 bits per heavy atom. The van der Waals surface area contributed by atoms with Gasteiger partial charge in [-0.15, -0.1) is 0 Å². The molecule has 0 amide bonds. The summed E-state index contributed by atoms with van der Waals surface area (Å²) in [5.74, 6) is 1.50. The quantitative estimate of drug-likeness (QED) is 0.638.